The van der Waals surface area contributed by atoms with Crippen LogP contribution in [0, 0.1) is 6.92 Å². The third-order valence-electron chi connectivity index (χ3n) is 2.74. The molecule has 1 heterocycles. The van der Waals surface area contributed by atoms with Gasteiger partial charge in [0.1, 0.15) is 12.3 Å². The molecule has 0 spiro atoms. The summed E-state index contributed by atoms with van der Waals surface area (Å²) in [4.78, 5) is 24.7. The molecule has 0 saturated carbocycles. The first kappa shape index (κ1) is 14.2. The lowest BCUT2D eigenvalue weighted by molar-refractivity contribution is -0.134. The topological polar surface area (TPSA) is 75.4 Å². The quantitative estimate of drug-likeness (QED) is 0.864. The lowest BCUT2D eigenvalue weighted by Gasteiger charge is -2.26. The number of carbonyl (C=O) groups is 2. The zero-order chi connectivity index (χ0) is 13.7. The molecule has 6 nitrogen and oxygen atoms in total. The Bertz CT molecular complexity index is 428. The highest BCUT2D eigenvalue weighted by Gasteiger charge is 2.19. The van der Waals surface area contributed by atoms with E-state index in [2.05, 4.69) is 10.5 Å². The van der Waals surface area contributed by atoms with Crippen LogP contribution in [-0.4, -0.2) is 34.5 Å². The molecule has 0 aliphatic rings. The third-order valence-corrected chi connectivity index (χ3v) is 2.74. The molecule has 1 atom stereocenters. The summed E-state index contributed by atoms with van der Waals surface area (Å²) in [6, 6.07) is 1.66. The average Bonchev–Trinajstić information content (AvgIpc) is 2.70. The summed E-state index contributed by atoms with van der Waals surface area (Å²) in [5, 5.41) is 6.25. The van der Waals surface area contributed by atoms with Gasteiger partial charge < -0.3 is 14.7 Å². The minimum Gasteiger partial charge on any atom is -0.360 e. The Balaban J connectivity index is 2.59. The summed E-state index contributed by atoms with van der Waals surface area (Å²) in [5.74, 6) is 0.593. The summed E-state index contributed by atoms with van der Waals surface area (Å²) >= 11 is 0. The Morgan fingerprint density at radius 2 is 2.22 bits per heavy atom. The van der Waals surface area contributed by atoms with Crippen LogP contribution in [0.1, 0.15) is 33.0 Å². The highest BCUT2D eigenvalue weighted by Crippen LogP contribution is 2.08. The second-order valence-electron chi connectivity index (χ2n) is 4.28. The van der Waals surface area contributed by atoms with E-state index >= 15 is 0 Å². The van der Waals surface area contributed by atoms with E-state index in [4.69, 9.17) is 4.52 Å². The lowest BCUT2D eigenvalue weighted by Crippen LogP contribution is -2.42. The van der Waals surface area contributed by atoms with Gasteiger partial charge in [-0.3, -0.25) is 9.59 Å². The van der Waals surface area contributed by atoms with Crippen molar-refractivity contribution in [1.82, 2.24) is 10.1 Å². The summed E-state index contributed by atoms with van der Waals surface area (Å²) in [6.07, 6.45) is 0.802. The molecule has 0 aliphatic carbocycles. The molecular formula is C12H19N3O3. The zero-order valence-electron chi connectivity index (χ0n) is 11.2. The Hall–Kier alpha value is -1.85. The maximum Gasteiger partial charge on any atom is 0.245 e. The smallest absolute Gasteiger partial charge is 0.245 e. The van der Waals surface area contributed by atoms with E-state index in [9.17, 15) is 9.59 Å². The normalized spacial score (nSPS) is 12.0. The number of nitrogens with one attached hydrogen (secondary N) is 1. The molecule has 100 valence electrons. The molecule has 0 aromatic carbocycles. The van der Waals surface area contributed by atoms with E-state index in [0.717, 1.165) is 6.42 Å². The first-order valence-electron chi connectivity index (χ1n) is 5.94. The standard InChI is InChI=1S/C12H19N3O3/c1-5-8(2)15(10(4)16)7-12(17)13-11-6-9(3)18-14-11/h6,8H,5,7H2,1-4H3,(H,13,14,17)/t8-/m0/s1. The van der Waals surface area contributed by atoms with Crippen molar-refractivity contribution in [2.75, 3.05) is 11.9 Å². The molecule has 6 heteroatoms. The molecule has 1 aromatic rings. The van der Waals surface area contributed by atoms with Crippen LogP contribution < -0.4 is 5.32 Å². The van der Waals surface area contributed by atoms with Gasteiger partial charge in [0, 0.05) is 19.0 Å². The molecule has 2 amide bonds. The van der Waals surface area contributed by atoms with E-state index in [1.165, 1.54) is 11.8 Å². The van der Waals surface area contributed by atoms with Crippen molar-refractivity contribution in [2.24, 2.45) is 0 Å². The molecule has 0 unspecified atom stereocenters. The number of hydrogen-bond donors (Lipinski definition) is 1. The molecule has 0 aliphatic heterocycles. The van der Waals surface area contributed by atoms with Crippen LogP contribution in [0.2, 0.25) is 0 Å². The Morgan fingerprint density at radius 3 is 2.67 bits per heavy atom. The number of aryl methyl sites for hydroxylation is 1. The van der Waals surface area contributed by atoms with Crippen molar-refractivity contribution in [2.45, 2.75) is 40.2 Å². The second kappa shape index (κ2) is 6.18. The number of rotatable bonds is 5. The van der Waals surface area contributed by atoms with Crippen LogP contribution in [0.3, 0.4) is 0 Å². The van der Waals surface area contributed by atoms with Crippen LogP contribution >= 0.6 is 0 Å². The fourth-order valence-electron chi connectivity index (χ4n) is 1.56. The Kier molecular flexibility index (Phi) is 4.88. The molecule has 0 bridgehead atoms. The Morgan fingerprint density at radius 1 is 1.56 bits per heavy atom. The molecule has 18 heavy (non-hydrogen) atoms. The first-order valence-corrected chi connectivity index (χ1v) is 5.94. The SMILES string of the molecule is CC[C@H](C)N(CC(=O)Nc1cc(C)on1)C(C)=O. The van der Waals surface area contributed by atoms with Gasteiger partial charge in [-0.2, -0.15) is 0 Å². The number of amides is 2. The van der Waals surface area contributed by atoms with Gasteiger partial charge >= 0.3 is 0 Å². The zero-order valence-corrected chi connectivity index (χ0v) is 11.2. The Labute approximate surface area is 106 Å². The lowest BCUT2D eigenvalue weighted by atomic mass is 10.2. The molecule has 1 N–H and O–H groups in total. The second-order valence-corrected chi connectivity index (χ2v) is 4.28. The number of aromatic nitrogens is 1. The van der Waals surface area contributed by atoms with Gasteiger partial charge in [-0.25, -0.2) is 0 Å². The van der Waals surface area contributed by atoms with Gasteiger partial charge in [0.15, 0.2) is 5.82 Å². The number of anilines is 1. The van der Waals surface area contributed by atoms with Crippen molar-refractivity contribution in [3.63, 3.8) is 0 Å². The molecular weight excluding hydrogens is 234 g/mol. The summed E-state index contributed by atoms with van der Waals surface area (Å²) in [7, 11) is 0. The summed E-state index contributed by atoms with van der Waals surface area (Å²) < 4.78 is 4.84. The van der Waals surface area contributed by atoms with Crippen LogP contribution in [0.4, 0.5) is 5.82 Å². The molecule has 1 rings (SSSR count). The van der Waals surface area contributed by atoms with Gasteiger partial charge in [-0.1, -0.05) is 12.1 Å². The van der Waals surface area contributed by atoms with Crippen LogP contribution in [-0.2, 0) is 9.59 Å². The van der Waals surface area contributed by atoms with Crippen molar-refractivity contribution in [3.05, 3.63) is 11.8 Å². The molecule has 0 radical (unpaired) electrons. The fourth-order valence-corrected chi connectivity index (χ4v) is 1.56. The van der Waals surface area contributed by atoms with Crippen molar-refractivity contribution in [3.8, 4) is 0 Å². The van der Waals surface area contributed by atoms with Gasteiger partial charge in [0.2, 0.25) is 11.8 Å². The first-order chi connectivity index (χ1) is 8.43. The minimum absolute atomic E-state index is 0.0241. The van der Waals surface area contributed by atoms with Gasteiger partial charge in [0.25, 0.3) is 0 Å². The number of carbonyl (C=O) groups excluding carboxylic acids is 2. The summed E-state index contributed by atoms with van der Waals surface area (Å²) in [5.41, 5.74) is 0. The van der Waals surface area contributed by atoms with Gasteiger partial charge in [-0.05, 0) is 20.3 Å². The van der Waals surface area contributed by atoms with E-state index < -0.39 is 0 Å². The average molecular weight is 253 g/mol. The van der Waals surface area contributed by atoms with Crippen LogP contribution in [0.15, 0.2) is 10.6 Å². The largest absolute Gasteiger partial charge is 0.360 e. The third kappa shape index (κ3) is 3.87. The molecule has 0 saturated heterocycles. The fraction of sp³-hybridized carbons (Fsp3) is 0.583. The van der Waals surface area contributed by atoms with Crippen LogP contribution in [0.25, 0.3) is 0 Å². The monoisotopic (exact) mass is 253 g/mol. The highest BCUT2D eigenvalue weighted by molar-refractivity contribution is 5.93. The predicted molar refractivity (Wildman–Crippen MR) is 67.0 cm³/mol. The van der Waals surface area contributed by atoms with E-state index in [-0.39, 0.29) is 24.4 Å². The van der Waals surface area contributed by atoms with E-state index in [0.29, 0.717) is 11.6 Å². The van der Waals surface area contributed by atoms with Gasteiger partial charge in [0.05, 0.1) is 0 Å². The maximum atomic E-state index is 11.8. The number of hydrogen-bond acceptors (Lipinski definition) is 4. The van der Waals surface area contributed by atoms with Crippen LogP contribution in [0.5, 0.6) is 0 Å². The van der Waals surface area contributed by atoms with Crippen molar-refractivity contribution >= 4 is 17.6 Å². The van der Waals surface area contributed by atoms with E-state index in [1.807, 2.05) is 13.8 Å². The molecule has 0 fully saturated rings. The van der Waals surface area contributed by atoms with Crippen molar-refractivity contribution in [1.29, 1.82) is 0 Å². The van der Waals surface area contributed by atoms with Gasteiger partial charge in [-0.15, -0.1) is 0 Å². The maximum absolute atomic E-state index is 11.8. The van der Waals surface area contributed by atoms with Crippen molar-refractivity contribution < 1.29 is 14.1 Å². The van der Waals surface area contributed by atoms with E-state index in [1.54, 1.807) is 13.0 Å². The highest BCUT2D eigenvalue weighted by atomic mass is 16.5. The number of nitrogens with zero attached hydrogens (tertiary/aromatic N) is 2. The predicted octanol–water partition coefficient (Wildman–Crippen LogP) is 1.57. The summed E-state index contributed by atoms with van der Waals surface area (Å²) in [6.45, 7) is 7.11. The molecule has 1 aromatic heterocycles. The minimum atomic E-state index is -0.279.